The molecule has 0 rings (SSSR count). The van der Waals surface area contributed by atoms with E-state index in [-0.39, 0.29) is 0 Å². The van der Waals surface area contributed by atoms with Crippen LogP contribution in [0.15, 0.2) is 0 Å². The van der Waals surface area contributed by atoms with E-state index in [0.717, 1.165) is 13.2 Å². The fraction of sp³-hybridized carbons (Fsp3) is 1.00. The Kier molecular flexibility index (Phi) is 7.85. The molecule has 0 fully saturated rings. The number of rotatable bonds is 6. The molecule has 0 saturated carbocycles. The van der Waals surface area contributed by atoms with Gasteiger partial charge in [0.2, 0.25) is 0 Å². The van der Waals surface area contributed by atoms with E-state index in [1.165, 1.54) is 19.4 Å². The van der Waals surface area contributed by atoms with Gasteiger partial charge in [0.1, 0.15) is 0 Å². The number of quaternary nitrogens is 1. The summed E-state index contributed by atoms with van der Waals surface area (Å²) in [6.07, 6.45) is 2.48. The maximum absolute atomic E-state index is 5.17. The standard InChI is InChI=1S/C7H17NO/c1-3-9-7-5-4-6-8-2/h8H,3-7H2,1-2H3/p+1. The number of unbranched alkanes of at least 4 members (excludes halogenated alkanes) is 1. The van der Waals surface area contributed by atoms with Crippen LogP contribution in [0.4, 0.5) is 0 Å². The van der Waals surface area contributed by atoms with E-state index in [1.807, 2.05) is 6.92 Å². The quantitative estimate of drug-likeness (QED) is 0.506. The molecule has 0 aromatic carbocycles. The van der Waals surface area contributed by atoms with Crippen LogP contribution in [0.1, 0.15) is 19.8 Å². The fourth-order valence-electron chi connectivity index (χ4n) is 0.697. The molecule has 2 nitrogen and oxygen atoms in total. The molecule has 0 bridgehead atoms. The maximum Gasteiger partial charge on any atom is 0.0754 e. The molecule has 0 aliphatic carbocycles. The Hall–Kier alpha value is -0.0800. The van der Waals surface area contributed by atoms with Gasteiger partial charge in [0, 0.05) is 13.2 Å². The normalized spacial score (nSPS) is 10.0. The van der Waals surface area contributed by atoms with Crippen molar-refractivity contribution in [3.8, 4) is 0 Å². The van der Waals surface area contributed by atoms with Crippen molar-refractivity contribution in [1.29, 1.82) is 0 Å². The van der Waals surface area contributed by atoms with E-state index < -0.39 is 0 Å². The lowest BCUT2D eigenvalue weighted by atomic mass is 10.3. The van der Waals surface area contributed by atoms with Crippen LogP contribution in [0.25, 0.3) is 0 Å². The fourth-order valence-corrected chi connectivity index (χ4v) is 0.697. The molecule has 0 atom stereocenters. The third-order valence-corrected chi connectivity index (χ3v) is 1.24. The molecule has 56 valence electrons. The van der Waals surface area contributed by atoms with E-state index >= 15 is 0 Å². The minimum absolute atomic E-state index is 0.857. The zero-order valence-corrected chi connectivity index (χ0v) is 6.52. The Balaban J connectivity index is 2.60. The second kappa shape index (κ2) is 7.92. The Morgan fingerprint density at radius 2 is 2.11 bits per heavy atom. The average molecular weight is 132 g/mol. The third kappa shape index (κ3) is 7.92. The van der Waals surface area contributed by atoms with Gasteiger partial charge < -0.3 is 10.1 Å². The van der Waals surface area contributed by atoms with E-state index in [4.69, 9.17) is 4.74 Å². The molecule has 0 radical (unpaired) electrons. The van der Waals surface area contributed by atoms with Crippen LogP contribution in [-0.4, -0.2) is 26.8 Å². The van der Waals surface area contributed by atoms with Gasteiger partial charge in [0.15, 0.2) is 0 Å². The minimum Gasteiger partial charge on any atom is -0.382 e. The lowest BCUT2D eigenvalue weighted by Gasteiger charge is -1.97. The summed E-state index contributed by atoms with van der Waals surface area (Å²) in [6.45, 7) is 5.05. The van der Waals surface area contributed by atoms with Crippen molar-refractivity contribution in [3.05, 3.63) is 0 Å². The second-order valence-electron chi connectivity index (χ2n) is 2.10. The summed E-state index contributed by atoms with van der Waals surface area (Å²) in [5, 5.41) is 2.20. The molecule has 0 aliphatic heterocycles. The first kappa shape index (κ1) is 8.92. The first-order valence-corrected chi connectivity index (χ1v) is 3.77. The van der Waals surface area contributed by atoms with Gasteiger partial charge in [-0.15, -0.1) is 0 Å². The molecule has 0 amide bonds. The molecule has 0 aromatic rings. The van der Waals surface area contributed by atoms with Crippen molar-refractivity contribution in [3.63, 3.8) is 0 Å². The number of hydrogen-bond donors (Lipinski definition) is 1. The molecular weight excluding hydrogens is 114 g/mol. The Labute approximate surface area is 57.6 Å². The summed E-state index contributed by atoms with van der Waals surface area (Å²) in [6, 6.07) is 0. The summed E-state index contributed by atoms with van der Waals surface area (Å²) in [5.41, 5.74) is 0. The summed E-state index contributed by atoms with van der Waals surface area (Å²) >= 11 is 0. The highest BCUT2D eigenvalue weighted by Gasteiger charge is 1.86. The topological polar surface area (TPSA) is 25.8 Å². The van der Waals surface area contributed by atoms with Gasteiger partial charge in [-0.2, -0.15) is 0 Å². The number of hydrogen-bond acceptors (Lipinski definition) is 1. The van der Waals surface area contributed by atoms with Crippen molar-refractivity contribution in [2.45, 2.75) is 19.8 Å². The highest BCUT2D eigenvalue weighted by Crippen LogP contribution is 1.85. The van der Waals surface area contributed by atoms with Gasteiger partial charge in [0.05, 0.1) is 13.6 Å². The zero-order chi connectivity index (χ0) is 6.95. The van der Waals surface area contributed by atoms with E-state index in [1.54, 1.807) is 0 Å². The van der Waals surface area contributed by atoms with E-state index in [2.05, 4.69) is 12.4 Å². The van der Waals surface area contributed by atoms with Gasteiger partial charge >= 0.3 is 0 Å². The summed E-state index contributed by atoms with van der Waals surface area (Å²) in [7, 11) is 2.10. The van der Waals surface area contributed by atoms with Crippen LogP contribution < -0.4 is 5.32 Å². The van der Waals surface area contributed by atoms with Crippen LogP contribution in [0.5, 0.6) is 0 Å². The predicted octanol–water partition coefficient (Wildman–Crippen LogP) is -0.00370. The zero-order valence-electron chi connectivity index (χ0n) is 6.52. The maximum atomic E-state index is 5.17. The van der Waals surface area contributed by atoms with Crippen LogP contribution in [0.3, 0.4) is 0 Å². The third-order valence-electron chi connectivity index (χ3n) is 1.24. The van der Waals surface area contributed by atoms with E-state index in [0.29, 0.717) is 0 Å². The molecular formula is C7H18NO+. The van der Waals surface area contributed by atoms with Gasteiger partial charge in [-0.05, 0) is 19.8 Å². The first-order chi connectivity index (χ1) is 4.41. The monoisotopic (exact) mass is 132 g/mol. The van der Waals surface area contributed by atoms with Crippen molar-refractivity contribution in [2.75, 3.05) is 26.8 Å². The minimum atomic E-state index is 0.857. The second-order valence-corrected chi connectivity index (χ2v) is 2.10. The molecule has 9 heavy (non-hydrogen) atoms. The SMILES string of the molecule is CCOCCCC[NH2+]C. The largest absolute Gasteiger partial charge is 0.382 e. The number of nitrogens with two attached hydrogens (primary N) is 1. The smallest absolute Gasteiger partial charge is 0.0754 e. The van der Waals surface area contributed by atoms with Crippen molar-refractivity contribution >= 4 is 0 Å². The lowest BCUT2D eigenvalue weighted by molar-refractivity contribution is -0.627. The Bertz CT molecular complexity index is 42.2. The highest BCUT2D eigenvalue weighted by molar-refractivity contribution is 4.33. The van der Waals surface area contributed by atoms with Crippen LogP contribution >= 0.6 is 0 Å². The van der Waals surface area contributed by atoms with Crippen LogP contribution in [0, 0.1) is 0 Å². The summed E-state index contributed by atoms with van der Waals surface area (Å²) in [4.78, 5) is 0. The predicted molar refractivity (Wildman–Crippen MR) is 38.4 cm³/mol. The average Bonchev–Trinajstić information content (AvgIpc) is 1.89. The highest BCUT2D eigenvalue weighted by atomic mass is 16.5. The van der Waals surface area contributed by atoms with E-state index in [9.17, 15) is 0 Å². The molecule has 0 saturated heterocycles. The molecule has 0 spiro atoms. The van der Waals surface area contributed by atoms with Crippen LogP contribution in [0.2, 0.25) is 0 Å². The molecule has 0 aromatic heterocycles. The molecule has 0 aliphatic rings. The van der Waals surface area contributed by atoms with Gasteiger partial charge in [-0.3, -0.25) is 0 Å². The Morgan fingerprint density at radius 1 is 1.33 bits per heavy atom. The first-order valence-electron chi connectivity index (χ1n) is 3.77. The molecule has 2 heteroatoms. The van der Waals surface area contributed by atoms with Crippen LogP contribution in [-0.2, 0) is 4.74 Å². The summed E-state index contributed by atoms with van der Waals surface area (Å²) < 4.78 is 5.17. The van der Waals surface area contributed by atoms with Gasteiger partial charge in [-0.1, -0.05) is 0 Å². The number of ether oxygens (including phenoxy) is 1. The van der Waals surface area contributed by atoms with Crippen molar-refractivity contribution < 1.29 is 10.1 Å². The molecule has 0 heterocycles. The van der Waals surface area contributed by atoms with Gasteiger partial charge in [-0.25, -0.2) is 0 Å². The Morgan fingerprint density at radius 3 is 2.67 bits per heavy atom. The summed E-state index contributed by atoms with van der Waals surface area (Å²) in [5.74, 6) is 0. The van der Waals surface area contributed by atoms with Crippen molar-refractivity contribution in [2.24, 2.45) is 0 Å². The van der Waals surface area contributed by atoms with Gasteiger partial charge in [0.25, 0.3) is 0 Å². The molecule has 2 N–H and O–H groups in total. The molecule has 0 unspecified atom stereocenters. The lowest BCUT2D eigenvalue weighted by Crippen LogP contribution is -2.79. The van der Waals surface area contributed by atoms with Crippen molar-refractivity contribution in [1.82, 2.24) is 0 Å².